The number of ether oxygens (including phenoxy) is 2. The average Bonchev–Trinajstić information content (AvgIpc) is 3.27. The molecule has 1 N–H and O–H groups in total. The van der Waals surface area contributed by atoms with Crippen LogP contribution in [-0.4, -0.2) is 57.4 Å². The first-order valence-corrected chi connectivity index (χ1v) is 8.23. The minimum absolute atomic E-state index is 0.00325. The van der Waals surface area contributed by atoms with Gasteiger partial charge in [0.25, 0.3) is 5.91 Å². The molecule has 0 radical (unpaired) electrons. The molecule has 24 heavy (non-hydrogen) atoms. The summed E-state index contributed by atoms with van der Waals surface area (Å²) < 4.78 is 12.0. The molecule has 2 fully saturated rings. The highest BCUT2D eigenvalue weighted by Crippen LogP contribution is 2.37. The van der Waals surface area contributed by atoms with Gasteiger partial charge in [-0.15, -0.1) is 0 Å². The lowest BCUT2D eigenvalue weighted by atomic mass is 9.88. The third-order valence-electron chi connectivity index (χ3n) is 4.81. The normalized spacial score (nSPS) is 22.7. The van der Waals surface area contributed by atoms with Crippen LogP contribution in [0.5, 0.6) is 5.75 Å². The molecule has 0 aromatic carbocycles. The Morgan fingerprint density at radius 1 is 1.33 bits per heavy atom. The van der Waals surface area contributed by atoms with Crippen molar-refractivity contribution >= 4 is 5.91 Å². The Hall–Kier alpha value is -2.41. The Labute approximate surface area is 140 Å². The number of H-pyrrole nitrogens is 1. The number of aromatic nitrogens is 3. The molecule has 2 saturated heterocycles. The van der Waals surface area contributed by atoms with E-state index in [0.717, 1.165) is 25.0 Å². The van der Waals surface area contributed by atoms with Gasteiger partial charge in [0.05, 0.1) is 18.4 Å². The van der Waals surface area contributed by atoms with Gasteiger partial charge in [0.15, 0.2) is 0 Å². The molecule has 0 aliphatic carbocycles. The van der Waals surface area contributed by atoms with Crippen LogP contribution >= 0.6 is 0 Å². The van der Waals surface area contributed by atoms with Gasteiger partial charge in [-0.05, 0) is 31.0 Å². The maximum Gasteiger partial charge on any atom is 0.271 e. The molecule has 4 rings (SSSR count). The molecule has 2 aromatic rings. The second-order valence-electron chi connectivity index (χ2n) is 6.39. The summed E-state index contributed by atoms with van der Waals surface area (Å²) in [6, 6.07) is 5.47. The van der Waals surface area contributed by atoms with Crippen LogP contribution in [0.3, 0.4) is 0 Å². The van der Waals surface area contributed by atoms with Crippen molar-refractivity contribution in [2.24, 2.45) is 0 Å². The number of aromatic amines is 1. The topological polar surface area (TPSA) is 80.3 Å². The zero-order valence-corrected chi connectivity index (χ0v) is 13.4. The van der Waals surface area contributed by atoms with Gasteiger partial charge in [0.2, 0.25) is 0 Å². The van der Waals surface area contributed by atoms with Crippen LogP contribution in [0.1, 0.15) is 29.8 Å². The van der Waals surface area contributed by atoms with E-state index in [1.165, 1.54) is 0 Å². The van der Waals surface area contributed by atoms with E-state index in [-0.39, 0.29) is 17.6 Å². The lowest BCUT2D eigenvalue weighted by molar-refractivity contribution is -0.0396. The predicted molar refractivity (Wildman–Crippen MR) is 85.7 cm³/mol. The molecule has 7 nitrogen and oxygen atoms in total. The van der Waals surface area contributed by atoms with Crippen molar-refractivity contribution in [2.75, 3.05) is 19.7 Å². The number of carbonyl (C=O) groups is 1. The van der Waals surface area contributed by atoms with Crippen LogP contribution in [0.15, 0.2) is 36.8 Å². The number of nitrogens with one attached hydrogen (secondary N) is 1. The molecule has 1 unspecified atom stereocenters. The first-order valence-electron chi connectivity index (χ1n) is 8.23. The third-order valence-corrected chi connectivity index (χ3v) is 4.81. The second-order valence-corrected chi connectivity index (χ2v) is 6.39. The van der Waals surface area contributed by atoms with Crippen molar-refractivity contribution in [3.05, 3.63) is 42.5 Å². The lowest BCUT2D eigenvalue weighted by Crippen LogP contribution is -2.46. The Morgan fingerprint density at radius 3 is 2.92 bits per heavy atom. The highest BCUT2D eigenvalue weighted by Gasteiger charge is 2.44. The summed E-state index contributed by atoms with van der Waals surface area (Å²) in [6.45, 7) is 1.97. The molecule has 1 amide bonds. The summed E-state index contributed by atoms with van der Waals surface area (Å²) in [5.74, 6) is 0.776. The largest absolute Gasteiger partial charge is 0.486 e. The van der Waals surface area contributed by atoms with Crippen molar-refractivity contribution in [1.29, 1.82) is 0 Å². The third kappa shape index (κ3) is 2.99. The average molecular weight is 328 g/mol. The number of nitrogens with zero attached hydrogens (tertiary/aromatic N) is 3. The number of hydrogen-bond acceptors (Lipinski definition) is 5. The van der Waals surface area contributed by atoms with E-state index >= 15 is 0 Å². The fourth-order valence-electron chi connectivity index (χ4n) is 3.50. The predicted octanol–water partition coefficient (Wildman–Crippen LogP) is 1.65. The molecular weight excluding hydrogens is 308 g/mol. The fraction of sp³-hybridized carbons (Fsp3) is 0.471. The van der Waals surface area contributed by atoms with Gasteiger partial charge in [-0.25, -0.2) is 0 Å². The summed E-state index contributed by atoms with van der Waals surface area (Å²) >= 11 is 0. The maximum absolute atomic E-state index is 12.4. The molecular formula is C17H20N4O3. The van der Waals surface area contributed by atoms with Crippen LogP contribution in [0.4, 0.5) is 0 Å². The molecule has 2 aliphatic rings. The molecule has 4 heterocycles. The van der Waals surface area contributed by atoms with Gasteiger partial charge in [0.1, 0.15) is 17.5 Å². The van der Waals surface area contributed by atoms with E-state index in [4.69, 9.17) is 9.47 Å². The van der Waals surface area contributed by atoms with E-state index in [9.17, 15) is 4.79 Å². The smallest absolute Gasteiger partial charge is 0.271 e. The number of pyridine rings is 1. The number of amides is 1. The van der Waals surface area contributed by atoms with E-state index < -0.39 is 0 Å². The summed E-state index contributed by atoms with van der Waals surface area (Å²) in [7, 11) is 0. The monoisotopic (exact) mass is 328 g/mol. The Kier molecular flexibility index (Phi) is 3.93. The first-order chi connectivity index (χ1) is 11.7. The standard InChI is InChI=1S/C17H20N4O3/c22-16(15-3-7-19-20-15)21-8-4-17(5-9-21)10-14(12-23-17)24-13-2-1-6-18-11-13/h1-3,6-7,11,14H,4-5,8-10,12H2,(H,19,20). The number of carbonyl (C=O) groups excluding carboxylic acids is 1. The van der Waals surface area contributed by atoms with Crippen molar-refractivity contribution in [2.45, 2.75) is 31.0 Å². The van der Waals surface area contributed by atoms with Crippen LogP contribution in [0, 0.1) is 0 Å². The van der Waals surface area contributed by atoms with Crippen LogP contribution in [-0.2, 0) is 4.74 Å². The van der Waals surface area contributed by atoms with Crippen molar-refractivity contribution in [1.82, 2.24) is 20.1 Å². The van der Waals surface area contributed by atoms with Crippen molar-refractivity contribution in [3.8, 4) is 5.75 Å². The molecule has 126 valence electrons. The molecule has 2 aromatic heterocycles. The lowest BCUT2D eigenvalue weighted by Gasteiger charge is -2.38. The highest BCUT2D eigenvalue weighted by atomic mass is 16.6. The number of piperidine rings is 1. The zero-order chi connectivity index (χ0) is 16.4. The first kappa shape index (κ1) is 15.1. The quantitative estimate of drug-likeness (QED) is 0.926. The second kappa shape index (κ2) is 6.24. The van der Waals surface area contributed by atoms with Gasteiger partial charge in [-0.3, -0.25) is 14.9 Å². The fourth-order valence-corrected chi connectivity index (χ4v) is 3.50. The minimum atomic E-state index is -0.169. The number of rotatable bonds is 3. The van der Waals surface area contributed by atoms with E-state index in [0.29, 0.717) is 25.4 Å². The molecule has 0 saturated carbocycles. The SMILES string of the molecule is O=C(c1ccn[nH]1)N1CCC2(CC1)CC(Oc1cccnc1)CO2. The van der Waals surface area contributed by atoms with Gasteiger partial charge in [0, 0.05) is 31.9 Å². The summed E-state index contributed by atoms with van der Waals surface area (Å²) in [5.41, 5.74) is 0.369. The molecule has 2 aliphatic heterocycles. The van der Waals surface area contributed by atoms with Gasteiger partial charge in [-0.1, -0.05) is 0 Å². The van der Waals surface area contributed by atoms with Gasteiger partial charge < -0.3 is 14.4 Å². The van der Waals surface area contributed by atoms with Crippen LogP contribution in [0.25, 0.3) is 0 Å². The summed E-state index contributed by atoms with van der Waals surface area (Å²) in [5, 5.41) is 6.57. The summed E-state index contributed by atoms with van der Waals surface area (Å²) in [6.07, 6.45) is 7.61. The molecule has 7 heteroatoms. The Bertz CT molecular complexity index is 681. The number of hydrogen-bond donors (Lipinski definition) is 1. The van der Waals surface area contributed by atoms with Crippen molar-refractivity contribution in [3.63, 3.8) is 0 Å². The molecule has 1 atom stereocenters. The van der Waals surface area contributed by atoms with Gasteiger partial charge in [-0.2, -0.15) is 5.10 Å². The van der Waals surface area contributed by atoms with E-state index in [2.05, 4.69) is 15.2 Å². The van der Waals surface area contributed by atoms with Crippen LogP contribution in [0.2, 0.25) is 0 Å². The minimum Gasteiger partial charge on any atom is -0.486 e. The Morgan fingerprint density at radius 2 is 2.21 bits per heavy atom. The molecule has 1 spiro atoms. The van der Waals surface area contributed by atoms with E-state index in [1.807, 2.05) is 17.0 Å². The number of likely N-dealkylation sites (tertiary alicyclic amines) is 1. The maximum atomic E-state index is 12.4. The highest BCUT2D eigenvalue weighted by molar-refractivity contribution is 5.92. The zero-order valence-electron chi connectivity index (χ0n) is 13.4. The Balaban J connectivity index is 1.33. The van der Waals surface area contributed by atoms with E-state index in [1.54, 1.807) is 24.7 Å². The van der Waals surface area contributed by atoms with Crippen molar-refractivity contribution < 1.29 is 14.3 Å². The van der Waals surface area contributed by atoms with Crippen LogP contribution < -0.4 is 4.74 Å². The summed E-state index contributed by atoms with van der Waals surface area (Å²) in [4.78, 5) is 18.3. The molecule has 0 bridgehead atoms. The van der Waals surface area contributed by atoms with Gasteiger partial charge >= 0.3 is 0 Å².